The lowest BCUT2D eigenvalue weighted by Crippen LogP contribution is -2.63. The van der Waals surface area contributed by atoms with E-state index in [-0.39, 0.29) is 23.6 Å². The first-order chi connectivity index (χ1) is 21.1. The van der Waals surface area contributed by atoms with E-state index in [4.69, 9.17) is 19.2 Å². The molecule has 0 unspecified atom stereocenters. The van der Waals surface area contributed by atoms with Gasteiger partial charge in [0.25, 0.3) is 0 Å². The second-order valence-electron chi connectivity index (χ2n) is 14.0. The number of likely N-dealkylation sites (tertiary alicyclic amines) is 1. The Balaban J connectivity index is 1.23. The van der Waals surface area contributed by atoms with Gasteiger partial charge in [0.05, 0.1) is 19.3 Å². The zero-order valence-corrected chi connectivity index (χ0v) is 26.3. The number of urea groups is 1. The first-order valence-electron chi connectivity index (χ1n) is 15.9. The van der Waals surface area contributed by atoms with Crippen LogP contribution in [0.4, 0.5) is 9.59 Å². The summed E-state index contributed by atoms with van der Waals surface area (Å²) in [5, 5.41) is 1.09. The van der Waals surface area contributed by atoms with Crippen LogP contribution in [0.2, 0.25) is 0 Å². The molecule has 0 aliphatic carbocycles. The molecule has 10 heteroatoms. The molecule has 3 aromatic rings. The summed E-state index contributed by atoms with van der Waals surface area (Å²) in [6.45, 7) is 13.4. The molecule has 2 aromatic heterocycles. The minimum Gasteiger partial charge on any atom is -0.444 e. The number of aromatic nitrogens is 2. The molecule has 6 heterocycles. The van der Waals surface area contributed by atoms with Gasteiger partial charge in [-0.25, -0.2) is 14.6 Å². The maximum absolute atomic E-state index is 13.8. The Morgan fingerprint density at radius 1 is 1.02 bits per heavy atom. The molecule has 44 heavy (non-hydrogen) atoms. The molecule has 1 N–H and O–H groups in total. The zero-order chi connectivity index (χ0) is 30.6. The van der Waals surface area contributed by atoms with Crippen LogP contribution < -0.4 is 0 Å². The first kappa shape index (κ1) is 29.1. The number of nitrogens with zero attached hydrogens (tertiary/aromatic N) is 4. The summed E-state index contributed by atoms with van der Waals surface area (Å²) in [5.41, 5.74) is 7.00. The molecule has 1 aromatic carbocycles. The highest BCUT2D eigenvalue weighted by Gasteiger charge is 2.47. The van der Waals surface area contributed by atoms with Crippen molar-refractivity contribution in [2.24, 2.45) is 5.41 Å². The summed E-state index contributed by atoms with van der Waals surface area (Å²) in [4.78, 5) is 41.0. The minimum absolute atomic E-state index is 0.101. The standard InChI is InChI=1S/C34H43N5O5/c1-22-16-35-30-26(22)15-25(17-36-30)24-13-23-5-8-37(31(40)38-20-34(21-38)6-10-42-11-7-34)18-28(23)27(14-24)29-19-43-12-9-39(29)32(41)44-33(2,3)4/h13-17,29H,5-12,18-21H2,1-4H3,(H,35,36)/t29-/m0/s1. The summed E-state index contributed by atoms with van der Waals surface area (Å²) in [6.07, 6.45) is 6.33. The van der Waals surface area contributed by atoms with Gasteiger partial charge in [0.2, 0.25) is 0 Å². The van der Waals surface area contributed by atoms with Crippen molar-refractivity contribution in [3.63, 3.8) is 0 Å². The molecule has 10 nitrogen and oxygen atoms in total. The van der Waals surface area contributed by atoms with Crippen LogP contribution >= 0.6 is 0 Å². The van der Waals surface area contributed by atoms with Crippen molar-refractivity contribution in [2.45, 2.75) is 65.1 Å². The van der Waals surface area contributed by atoms with Gasteiger partial charge in [0, 0.05) is 74.7 Å². The maximum Gasteiger partial charge on any atom is 0.410 e. The fourth-order valence-corrected chi connectivity index (χ4v) is 7.24. The van der Waals surface area contributed by atoms with E-state index in [0.29, 0.717) is 32.8 Å². The predicted molar refractivity (Wildman–Crippen MR) is 166 cm³/mol. The Labute approximate surface area is 258 Å². The lowest BCUT2D eigenvalue weighted by Gasteiger charge is -2.53. The molecular formula is C34H43N5O5. The Kier molecular flexibility index (Phi) is 7.32. The normalized spacial score (nSPS) is 21.7. The number of nitrogens with one attached hydrogen (secondary N) is 1. The van der Waals surface area contributed by atoms with Crippen molar-refractivity contribution in [1.29, 1.82) is 0 Å². The highest BCUT2D eigenvalue weighted by atomic mass is 16.6. The monoisotopic (exact) mass is 601 g/mol. The van der Waals surface area contributed by atoms with Crippen LogP contribution in [0, 0.1) is 12.3 Å². The van der Waals surface area contributed by atoms with E-state index in [1.54, 1.807) is 4.90 Å². The number of hydrogen-bond donors (Lipinski definition) is 1. The molecule has 3 fully saturated rings. The van der Waals surface area contributed by atoms with Crippen molar-refractivity contribution in [3.05, 3.63) is 52.8 Å². The maximum atomic E-state index is 13.8. The Hall–Kier alpha value is -3.63. The lowest BCUT2D eigenvalue weighted by atomic mass is 9.73. The number of amides is 3. The summed E-state index contributed by atoms with van der Waals surface area (Å²) in [5.74, 6) is 0. The molecule has 3 saturated heterocycles. The topological polar surface area (TPSA) is 100 Å². The number of ether oxygens (including phenoxy) is 3. The zero-order valence-electron chi connectivity index (χ0n) is 26.3. The van der Waals surface area contributed by atoms with Gasteiger partial charge in [0.1, 0.15) is 11.2 Å². The van der Waals surface area contributed by atoms with Gasteiger partial charge in [-0.3, -0.25) is 4.90 Å². The van der Waals surface area contributed by atoms with Gasteiger partial charge < -0.3 is 29.0 Å². The predicted octanol–water partition coefficient (Wildman–Crippen LogP) is 5.44. The summed E-state index contributed by atoms with van der Waals surface area (Å²) in [7, 11) is 0. The summed E-state index contributed by atoms with van der Waals surface area (Å²) >= 11 is 0. The van der Waals surface area contributed by atoms with E-state index >= 15 is 0 Å². The number of pyridine rings is 1. The van der Waals surface area contributed by atoms with E-state index in [2.05, 4.69) is 30.1 Å². The Morgan fingerprint density at radius 2 is 1.82 bits per heavy atom. The molecule has 3 amide bonds. The van der Waals surface area contributed by atoms with E-state index in [0.717, 1.165) is 84.4 Å². The van der Waals surface area contributed by atoms with Crippen LogP contribution in [0.5, 0.6) is 0 Å². The number of aryl methyl sites for hydroxylation is 1. The van der Waals surface area contributed by atoms with Crippen molar-refractivity contribution < 1.29 is 23.8 Å². The van der Waals surface area contributed by atoms with Crippen molar-refractivity contribution in [1.82, 2.24) is 24.7 Å². The third-order valence-corrected chi connectivity index (χ3v) is 9.71. The van der Waals surface area contributed by atoms with Crippen molar-refractivity contribution >= 4 is 23.2 Å². The molecule has 0 saturated carbocycles. The van der Waals surface area contributed by atoms with E-state index in [1.807, 2.05) is 43.0 Å². The second kappa shape index (κ2) is 11.1. The van der Waals surface area contributed by atoms with E-state index in [1.165, 1.54) is 5.56 Å². The van der Waals surface area contributed by atoms with E-state index < -0.39 is 5.60 Å². The van der Waals surface area contributed by atoms with Crippen LogP contribution in [-0.2, 0) is 27.2 Å². The van der Waals surface area contributed by atoms with Gasteiger partial charge in [0.15, 0.2) is 0 Å². The number of carbonyl (C=O) groups excluding carboxylic acids is 2. The third-order valence-electron chi connectivity index (χ3n) is 9.71. The molecule has 1 atom stereocenters. The summed E-state index contributed by atoms with van der Waals surface area (Å²) < 4.78 is 17.4. The number of morpholine rings is 1. The molecule has 4 aliphatic rings. The van der Waals surface area contributed by atoms with Gasteiger partial charge in [-0.2, -0.15) is 0 Å². The average Bonchev–Trinajstić information content (AvgIpc) is 3.38. The van der Waals surface area contributed by atoms with Gasteiger partial charge in [-0.05, 0) is 86.9 Å². The van der Waals surface area contributed by atoms with Gasteiger partial charge in [-0.15, -0.1) is 0 Å². The van der Waals surface area contributed by atoms with Gasteiger partial charge >= 0.3 is 12.1 Å². The lowest BCUT2D eigenvalue weighted by molar-refractivity contribution is -0.0669. The van der Waals surface area contributed by atoms with Crippen molar-refractivity contribution in [2.75, 3.05) is 52.6 Å². The highest BCUT2D eigenvalue weighted by molar-refractivity contribution is 5.85. The fraction of sp³-hybridized carbons (Fsp3) is 0.559. The number of benzene rings is 1. The number of aromatic amines is 1. The second-order valence-corrected chi connectivity index (χ2v) is 14.0. The minimum atomic E-state index is -0.612. The molecule has 0 bridgehead atoms. The molecule has 7 rings (SSSR count). The highest BCUT2D eigenvalue weighted by Crippen LogP contribution is 2.42. The van der Waals surface area contributed by atoms with Gasteiger partial charge in [-0.1, -0.05) is 6.07 Å². The van der Waals surface area contributed by atoms with Crippen LogP contribution in [0.15, 0.2) is 30.6 Å². The molecular weight excluding hydrogens is 558 g/mol. The Morgan fingerprint density at radius 3 is 2.59 bits per heavy atom. The number of carbonyl (C=O) groups is 2. The number of hydrogen-bond acceptors (Lipinski definition) is 6. The van der Waals surface area contributed by atoms with Crippen LogP contribution in [0.3, 0.4) is 0 Å². The average molecular weight is 602 g/mol. The van der Waals surface area contributed by atoms with Crippen LogP contribution in [0.1, 0.15) is 61.9 Å². The van der Waals surface area contributed by atoms with Crippen LogP contribution in [-0.4, -0.2) is 95.0 Å². The third kappa shape index (κ3) is 5.43. The quantitative estimate of drug-likeness (QED) is 0.420. The Bertz CT molecular complexity index is 1580. The van der Waals surface area contributed by atoms with Crippen molar-refractivity contribution in [3.8, 4) is 11.1 Å². The van der Waals surface area contributed by atoms with E-state index in [9.17, 15) is 9.59 Å². The SMILES string of the molecule is Cc1c[nH]c2ncc(-c3cc4c(c([C@@H]5COCCN5C(=O)OC(C)(C)C)c3)CN(C(=O)N3CC5(CCOCC5)C3)CC4)cc12. The summed E-state index contributed by atoms with van der Waals surface area (Å²) in [6, 6.07) is 6.37. The van der Waals surface area contributed by atoms with Crippen LogP contribution in [0.25, 0.3) is 22.2 Å². The molecule has 1 spiro atoms. The fourth-order valence-electron chi connectivity index (χ4n) is 7.24. The number of H-pyrrole nitrogens is 1. The number of rotatable bonds is 2. The smallest absolute Gasteiger partial charge is 0.410 e. The molecule has 234 valence electrons. The molecule has 0 radical (unpaired) electrons. The molecule has 4 aliphatic heterocycles. The largest absolute Gasteiger partial charge is 0.444 e. The first-order valence-corrected chi connectivity index (χ1v) is 15.9. The number of fused-ring (bicyclic) bond motifs is 2.